The van der Waals surface area contributed by atoms with Crippen molar-refractivity contribution in [1.82, 2.24) is 4.90 Å². The minimum atomic E-state index is -4.67. The average molecular weight is 429 g/mol. The Bertz CT molecular complexity index is 972. The van der Waals surface area contributed by atoms with Crippen molar-refractivity contribution in [1.29, 1.82) is 0 Å². The van der Waals surface area contributed by atoms with Gasteiger partial charge in [0.1, 0.15) is 10.6 Å². The molecule has 0 aliphatic heterocycles. The Morgan fingerprint density at radius 3 is 2.34 bits per heavy atom. The zero-order valence-electron chi connectivity index (χ0n) is 16.2. The molecule has 0 heterocycles. The van der Waals surface area contributed by atoms with E-state index in [0.29, 0.717) is 18.1 Å². The van der Waals surface area contributed by atoms with Crippen molar-refractivity contribution in [2.45, 2.75) is 50.9 Å². The van der Waals surface area contributed by atoms with Gasteiger partial charge in [-0.05, 0) is 49.7 Å². The number of carbonyl (C=O) groups is 1. The van der Waals surface area contributed by atoms with Crippen LogP contribution in [0, 0.1) is 0 Å². The lowest BCUT2D eigenvalue weighted by molar-refractivity contribution is -0.137. The van der Waals surface area contributed by atoms with Crippen molar-refractivity contribution < 1.29 is 30.6 Å². The summed E-state index contributed by atoms with van der Waals surface area (Å²) in [6.07, 6.45) is -4.34. The van der Waals surface area contributed by atoms with Gasteiger partial charge in [-0.25, -0.2) is 0 Å². The molecule has 0 aliphatic rings. The quantitative estimate of drug-likeness (QED) is 0.603. The SMILES string of the molecule is CCC(=O)N(Cc1cccc(OS(=O)(=O)c2cccc(C(F)(F)F)c2)c1)C(C)C. The van der Waals surface area contributed by atoms with Crippen LogP contribution in [0.5, 0.6) is 5.75 Å². The lowest BCUT2D eigenvalue weighted by Crippen LogP contribution is -2.35. The van der Waals surface area contributed by atoms with Crippen molar-refractivity contribution in [2.24, 2.45) is 0 Å². The van der Waals surface area contributed by atoms with Crippen molar-refractivity contribution in [3.63, 3.8) is 0 Å². The normalized spacial score (nSPS) is 12.1. The number of amides is 1. The van der Waals surface area contributed by atoms with E-state index in [2.05, 4.69) is 0 Å². The number of alkyl halides is 3. The van der Waals surface area contributed by atoms with Crippen molar-refractivity contribution in [3.8, 4) is 5.75 Å². The first-order chi connectivity index (χ1) is 13.4. The van der Waals surface area contributed by atoms with Crippen LogP contribution in [0.15, 0.2) is 53.4 Å². The van der Waals surface area contributed by atoms with Crippen LogP contribution in [-0.4, -0.2) is 25.3 Å². The Kier molecular flexibility index (Phi) is 6.94. The monoisotopic (exact) mass is 429 g/mol. The molecule has 0 radical (unpaired) electrons. The summed E-state index contributed by atoms with van der Waals surface area (Å²) in [4.78, 5) is 13.1. The van der Waals surface area contributed by atoms with Gasteiger partial charge in [0.25, 0.3) is 0 Å². The molecule has 0 spiro atoms. The summed E-state index contributed by atoms with van der Waals surface area (Å²) in [7, 11) is -4.46. The standard InChI is InChI=1S/C20H22F3NO4S/c1-4-19(25)24(14(2)3)13-15-7-5-9-17(11-15)28-29(26,27)18-10-6-8-16(12-18)20(21,22)23/h5-12,14H,4,13H2,1-3H3. The third-order valence-corrected chi connectivity index (χ3v) is 5.40. The van der Waals surface area contributed by atoms with E-state index >= 15 is 0 Å². The molecule has 2 aromatic rings. The second-order valence-corrected chi connectivity index (χ2v) is 8.23. The molecule has 2 aromatic carbocycles. The zero-order valence-corrected chi connectivity index (χ0v) is 17.0. The third kappa shape index (κ3) is 5.96. The largest absolute Gasteiger partial charge is 0.416 e. The lowest BCUT2D eigenvalue weighted by atomic mass is 10.1. The minimum Gasteiger partial charge on any atom is -0.379 e. The van der Waals surface area contributed by atoms with Gasteiger partial charge in [-0.1, -0.05) is 25.1 Å². The van der Waals surface area contributed by atoms with Gasteiger partial charge in [0, 0.05) is 19.0 Å². The molecule has 2 rings (SSSR count). The van der Waals surface area contributed by atoms with E-state index in [1.807, 2.05) is 13.8 Å². The maximum Gasteiger partial charge on any atom is 0.416 e. The predicted octanol–water partition coefficient (Wildman–Crippen LogP) is 4.62. The van der Waals surface area contributed by atoms with Crippen LogP contribution in [-0.2, 0) is 27.6 Å². The molecule has 158 valence electrons. The Labute approximate surface area is 168 Å². The predicted molar refractivity (Wildman–Crippen MR) is 102 cm³/mol. The van der Waals surface area contributed by atoms with Gasteiger partial charge in [0.05, 0.1) is 5.56 Å². The Balaban J connectivity index is 2.26. The Morgan fingerprint density at radius 2 is 1.76 bits per heavy atom. The van der Waals surface area contributed by atoms with Crippen molar-refractivity contribution >= 4 is 16.0 Å². The molecule has 1 amide bonds. The lowest BCUT2D eigenvalue weighted by Gasteiger charge is -2.26. The molecule has 29 heavy (non-hydrogen) atoms. The molecule has 0 unspecified atom stereocenters. The number of rotatable bonds is 7. The van der Waals surface area contributed by atoms with Crippen LogP contribution < -0.4 is 4.18 Å². The summed E-state index contributed by atoms with van der Waals surface area (Å²) in [5.41, 5.74) is -0.446. The highest BCUT2D eigenvalue weighted by atomic mass is 32.2. The van der Waals surface area contributed by atoms with Crippen molar-refractivity contribution in [3.05, 3.63) is 59.7 Å². The molecular weight excluding hydrogens is 407 g/mol. The Morgan fingerprint density at radius 1 is 1.10 bits per heavy atom. The summed E-state index contributed by atoms with van der Waals surface area (Å²) >= 11 is 0. The van der Waals surface area contributed by atoms with Crippen LogP contribution in [0.4, 0.5) is 13.2 Å². The van der Waals surface area contributed by atoms with Crippen LogP contribution in [0.1, 0.15) is 38.3 Å². The maximum absolute atomic E-state index is 12.8. The summed E-state index contributed by atoms with van der Waals surface area (Å²) in [5, 5.41) is 0. The molecule has 0 fully saturated rings. The number of hydrogen-bond donors (Lipinski definition) is 0. The zero-order chi connectivity index (χ0) is 21.8. The molecular formula is C20H22F3NO4S. The van der Waals surface area contributed by atoms with Crippen LogP contribution in [0.3, 0.4) is 0 Å². The number of benzene rings is 2. The molecule has 0 N–H and O–H groups in total. The van der Waals surface area contributed by atoms with Gasteiger partial charge in [-0.15, -0.1) is 0 Å². The van der Waals surface area contributed by atoms with E-state index in [1.165, 1.54) is 12.1 Å². The number of halogens is 3. The van der Waals surface area contributed by atoms with Crippen LogP contribution >= 0.6 is 0 Å². The molecule has 5 nitrogen and oxygen atoms in total. The van der Waals surface area contributed by atoms with E-state index in [4.69, 9.17) is 4.18 Å². The molecule has 9 heteroatoms. The van der Waals surface area contributed by atoms with Crippen LogP contribution in [0.2, 0.25) is 0 Å². The van der Waals surface area contributed by atoms with Gasteiger partial charge < -0.3 is 9.08 Å². The highest BCUT2D eigenvalue weighted by Crippen LogP contribution is 2.31. The molecule has 0 atom stereocenters. The first-order valence-corrected chi connectivity index (χ1v) is 10.3. The molecule has 0 aliphatic carbocycles. The van der Waals surface area contributed by atoms with E-state index in [1.54, 1.807) is 24.0 Å². The second kappa shape index (κ2) is 8.86. The average Bonchev–Trinajstić information content (AvgIpc) is 2.64. The fourth-order valence-electron chi connectivity index (χ4n) is 2.66. The summed E-state index contributed by atoms with van der Waals surface area (Å²) < 4.78 is 68.4. The first kappa shape index (κ1) is 22.7. The molecule has 0 saturated heterocycles. The highest BCUT2D eigenvalue weighted by molar-refractivity contribution is 7.87. The minimum absolute atomic E-state index is 0.0486. The fourth-order valence-corrected chi connectivity index (χ4v) is 3.63. The third-order valence-electron chi connectivity index (χ3n) is 4.15. The maximum atomic E-state index is 12.8. The Hall–Kier alpha value is -2.55. The molecule has 0 aromatic heterocycles. The fraction of sp³-hybridized carbons (Fsp3) is 0.350. The highest BCUT2D eigenvalue weighted by Gasteiger charge is 2.32. The van der Waals surface area contributed by atoms with E-state index in [0.717, 1.165) is 18.2 Å². The summed E-state index contributed by atoms with van der Waals surface area (Å²) in [6, 6.07) is 9.40. The topological polar surface area (TPSA) is 63.7 Å². The van der Waals surface area contributed by atoms with E-state index in [9.17, 15) is 26.4 Å². The second-order valence-electron chi connectivity index (χ2n) is 6.68. The summed E-state index contributed by atoms with van der Waals surface area (Å²) in [6.45, 7) is 5.74. The first-order valence-electron chi connectivity index (χ1n) is 8.94. The number of nitrogens with zero attached hydrogens (tertiary/aromatic N) is 1. The van der Waals surface area contributed by atoms with E-state index in [-0.39, 0.29) is 24.2 Å². The van der Waals surface area contributed by atoms with Gasteiger partial charge in [-0.3, -0.25) is 4.79 Å². The molecule has 0 saturated carbocycles. The number of carbonyl (C=O) groups excluding carboxylic acids is 1. The van der Waals surface area contributed by atoms with Gasteiger partial charge >= 0.3 is 16.3 Å². The molecule has 0 bridgehead atoms. The van der Waals surface area contributed by atoms with Crippen molar-refractivity contribution in [2.75, 3.05) is 0 Å². The van der Waals surface area contributed by atoms with Gasteiger partial charge in [0.2, 0.25) is 5.91 Å². The summed E-state index contributed by atoms with van der Waals surface area (Å²) in [5.74, 6) is -0.101. The van der Waals surface area contributed by atoms with E-state index < -0.39 is 26.8 Å². The smallest absolute Gasteiger partial charge is 0.379 e. The van der Waals surface area contributed by atoms with Gasteiger partial charge in [-0.2, -0.15) is 21.6 Å². The van der Waals surface area contributed by atoms with Crippen LogP contribution in [0.25, 0.3) is 0 Å². The van der Waals surface area contributed by atoms with Gasteiger partial charge in [0.15, 0.2) is 0 Å². The number of hydrogen-bond acceptors (Lipinski definition) is 4.